The molecule has 1 saturated heterocycles. The van der Waals surface area contributed by atoms with E-state index in [0.29, 0.717) is 0 Å². The summed E-state index contributed by atoms with van der Waals surface area (Å²) < 4.78 is 5.53. The van der Waals surface area contributed by atoms with Crippen molar-refractivity contribution in [1.29, 1.82) is 0 Å². The third-order valence-electron chi connectivity index (χ3n) is 5.25. The average molecular weight is 356 g/mol. The molecular formula is C18H29NO2S2. The molecule has 1 aliphatic carbocycles. The molecule has 1 unspecified atom stereocenters. The lowest BCUT2D eigenvalue weighted by Gasteiger charge is -2.49. The number of hydrogen-bond donors (Lipinski definition) is 0. The van der Waals surface area contributed by atoms with Crippen molar-refractivity contribution in [3.63, 3.8) is 0 Å². The van der Waals surface area contributed by atoms with Crippen molar-refractivity contribution in [2.75, 3.05) is 24.6 Å². The zero-order chi connectivity index (χ0) is 16.3. The lowest BCUT2D eigenvalue weighted by Crippen LogP contribution is -2.58. The second-order valence-corrected chi connectivity index (χ2v) is 9.53. The molecule has 1 fully saturated rings. The molecule has 0 saturated carbocycles. The van der Waals surface area contributed by atoms with Gasteiger partial charge < -0.3 is 4.74 Å². The summed E-state index contributed by atoms with van der Waals surface area (Å²) >= 11 is 3.68. The maximum atomic E-state index is 13.0. The van der Waals surface area contributed by atoms with Crippen molar-refractivity contribution in [3.05, 3.63) is 11.3 Å². The van der Waals surface area contributed by atoms with Crippen molar-refractivity contribution in [2.24, 2.45) is 0 Å². The van der Waals surface area contributed by atoms with Crippen LogP contribution in [0.5, 0.6) is 0 Å². The molecule has 0 aromatic heterocycles. The highest BCUT2D eigenvalue weighted by molar-refractivity contribution is 8.20. The van der Waals surface area contributed by atoms with Gasteiger partial charge in [0.05, 0.1) is 6.04 Å². The quantitative estimate of drug-likeness (QED) is 0.699. The number of esters is 1. The molecular weight excluding hydrogens is 326 g/mol. The first-order chi connectivity index (χ1) is 11.2. The number of carbonyl (C=O) groups is 1. The van der Waals surface area contributed by atoms with E-state index >= 15 is 0 Å². The molecule has 3 nitrogen and oxygen atoms in total. The van der Waals surface area contributed by atoms with Crippen LogP contribution in [-0.2, 0) is 9.53 Å². The highest BCUT2D eigenvalue weighted by Crippen LogP contribution is 2.53. The van der Waals surface area contributed by atoms with Gasteiger partial charge in [-0.25, -0.2) is 4.79 Å². The first-order valence-electron chi connectivity index (χ1n) is 9.19. The van der Waals surface area contributed by atoms with Gasteiger partial charge in [0.25, 0.3) is 0 Å². The first kappa shape index (κ1) is 17.7. The Hall–Kier alpha value is -0.130. The summed E-state index contributed by atoms with van der Waals surface area (Å²) in [5.74, 6) is 3.18. The molecule has 1 atom stereocenters. The van der Waals surface area contributed by atoms with Gasteiger partial charge in [0.15, 0.2) is 4.08 Å². The molecule has 0 N–H and O–H groups in total. The highest BCUT2D eigenvalue weighted by Gasteiger charge is 2.56. The largest absolute Gasteiger partial charge is 0.429 e. The Morgan fingerprint density at radius 3 is 2.35 bits per heavy atom. The van der Waals surface area contributed by atoms with Crippen molar-refractivity contribution < 1.29 is 9.53 Å². The molecule has 5 heteroatoms. The summed E-state index contributed by atoms with van der Waals surface area (Å²) in [5, 5.41) is 0. The topological polar surface area (TPSA) is 29.5 Å². The number of hydrogen-bond acceptors (Lipinski definition) is 5. The minimum absolute atomic E-state index is 0.0171. The van der Waals surface area contributed by atoms with Crippen LogP contribution >= 0.6 is 23.5 Å². The number of thioether (sulfide) groups is 2. The van der Waals surface area contributed by atoms with Crippen LogP contribution in [-0.4, -0.2) is 45.6 Å². The van der Waals surface area contributed by atoms with Gasteiger partial charge in [-0.05, 0) is 55.9 Å². The van der Waals surface area contributed by atoms with E-state index in [9.17, 15) is 4.79 Å². The molecule has 2 aliphatic heterocycles. The Morgan fingerprint density at radius 1 is 1.04 bits per heavy atom. The Bertz CT molecular complexity index is 468. The summed E-state index contributed by atoms with van der Waals surface area (Å²) in [6.07, 6.45) is 8.21. The number of likely N-dealkylation sites (N-methyl/N-ethyl adjacent to an activating group) is 1. The van der Waals surface area contributed by atoms with E-state index in [1.807, 2.05) is 23.5 Å². The summed E-state index contributed by atoms with van der Waals surface area (Å²) in [4.78, 5) is 15.5. The van der Waals surface area contributed by atoms with Crippen molar-refractivity contribution >= 4 is 29.5 Å². The van der Waals surface area contributed by atoms with Crippen LogP contribution in [0, 0.1) is 0 Å². The fraction of sp³-hybridized carbons (Fsp3) is 0.833. The molecule has 23 heavy (non-hydrogen) atoms. The van der Waals surface area contributed by atoms with Crippen molar-refractivity contribution in [1.82, 2.24) is 4.90 Å². The van der Waals surface area contributed by atoms with Crippen molar-refractivity contribution in [3.8, 4) is 0 Å². The maximum Gasteiger partial charge on any atom is 0.339 e. The van der Waals surface area contributed by atoms with Crippen LogP contribution in [0.4, 0.5) is 0 Å². The number of ether oxygens (including phenoxy) is 1. The van der Waals surface area contributed by atoms with Crippen LogP contribution in [0.25, 0.3) is 0 Å². The fourth-order valence-corrected chi connectivity index (χ4v) is 7.48. The van der Waals surface area contributed by atoms with Crippen LogP contribution in [0.1, 0.15) is 58.8 Å². The number of carbonyl (C=O) groups excluding carboxylic acids is 1. The Labute approximate surface area is 149 Å². The minimum atomic E-state index is -0.428. The molecule has 1 spiro atoms. The van der Waals surface area contributed by atoms with Crippen LogP contribution in [0.2, 0.25) is 0 Å². The fourth-order valence-electron chi connectivity index (χ4n) is 4.06. The predicted octanol–water partition coefficient (Wildman–Crippen LogP) is 4.43. The summed E-state index contributed by atoms with van der Waals surface area (Å²) in [6, 6.07) is 0.224. The number of rotatable bonds is 3. The standard InChI is InChI=1S/C18H29NO2S2/c1-3-19(4-2)16-14-10-7-5-6-8-11-15(14)21-17(20)18(16)22-12-9-13-23-18/h16H,3-13H2,1-2H3. The maximum absolute atomic E-state index is 13.0. The molecule has 0 aromatic rings. The zero-order valence-corrected chi connectivity index (χ0v) is 16.1. The van der Waals surface area contributed by atoms with E-state index in [1.165, 1.54) is 31.3 Å². The minimum Gasteiger partial charge on any atom is -0.429 e. The molecule has 0 bridgehead atoms. The van der Waals surface area contributed by atoms with Gasteiger partial charge in [-0.1, -0.05) is 26.7 Å². The first-order valence-corrected chi connectivity index (χ1v) is 11.2. The van der Waals surface area contributed by atoms with E-state index in [-0.39, 0.29) is 12.0 Å². The second kappa shape index (κ2) is 7.83. The van der Waals surface area contributed by atoms with E-state index in [2.05, 4.69) is 18.7 Å². The van der Waals surface area contributed by atoms with Crippen LogP contribution in [0.15, 0.2) is 11.3 Å². The lowest BCUT2D eigenvalue weighted by atomic mass is 9.88. The molecule has 0 amide bonds. The van der Waals surface area contributed by atoms with E-state index < -0.39 is 4.08 Å². The molecule has 3 aliphatic rings. The molecule has 0 radical (unpaired) electrons. The van der Waals surface area contributed by atoms with Gasteiger partial charge in [0.2, 0.25) is 0 Å². The molecule has 0 aromatic carbocycles. The number of nitrogens with zero attached hydrogens (tertiary/aromatic N) is 1. The lowest BCUT2D eigenvalue weighted by molar-refractivity contribution is -0.143. The van der Waals surface area contributed by atoms with Gasteiger partial charge in [-0.15, -0.1) is 23.5 Å². The predicted molar refractivity (Wildman–Crippen MR) is 99.8 cm³/mol. The van der Waals surface area contributed by atoms with E-state index in [0.717, 1.165) is 49.6 Å². The Balaban J connectivity index is 2.04. The molecule has 130 valence electrons. The third-order valence-corrected chi connectivity index (χ3v) is 8.58. The monoisotopic (exact) mass is 355 g/mol. The van der Waals surface area contributed by atoms with Crippen LogP contribution in [0.3, 0.4) is 0 Å². The highest BCUT2D eigenvalue weighted by atomic mass is 32.2. The van der Waals surface area contributed by atoms with Crippen LogP contribution < -0.4 is 0 Å². The van der Waals surface area contributed by atoms with Crippen molar-refractivity contribution in [2.45, 2.75) is 68.9 Å². The normalized spacial score (nSPS) is 28.3. The average Bonchev–Trinajstić information content (AvgIpc) is 2.56. The van der Waals surface area contributed by atoms with Gasteiger partial charge in [-0.3, -0.25) is 4.90 Å². The van der Waals surface area contributed by atoms with Gasteiger partial charge in [-0.2, -0.15) is 0 Å². The van der Waals surface area contributed by atoms with Gasteiger partial charge in [0, 0.05) is 6.42 Å². The van der Waals surface area contributed by atoms with Gasteiger partial charge in [0.1, 0.15) is 5.76 Å². The molecule has 3 rings (SSSR count). The summed E-state index contributed by atoms with van der Waals surface area (Å²) in [7, 11) is 0. The molecule has 2 heterocycles. The number of allylic oxidation sites excluding steroid dienone is 1. The Kier molecular flexibility index (Phi) is 6.02. The second-order valence-electron chi connectivity index (χ2n) is 6.59. The third kappa shape index (κ3) is 3.34. The summed E-state index contributed by atoms with van der Waals surface area (Å²) in [5.41, 5.74) is 1.44. The van der Waals surface area contributed by atoms with E-state index in [1.54, 1.807) is 0 Å². The smallest absolute Gasteiger partial charge is 0.339 e. The summed E-state index contributed by atoms with van der Waals surface area (Å²) in [6.45, 7) is 6.43. The Morgan fingerprint density at radius 2 is 1.70 bits per heavy atom. The van der Waals surface area contributed by atoms with E-state index in [4.69, 9.17) is 4.74 Å². The SMILES string of the molecule is CCN(CC)C1C2=C(CCCCCC2)OC(=O)C12SCCCS2. The van der Waals surface area contributed by atoms with Gasteiger partial charge >= 0.3 is 5.97 Å². The zero-order valence-electron chi connectivity index (χ0n) is 14.4.